The van der Waals surface area contributed by atoms with Crippen LogP contribution in [0, 0.1) is 0 Å². The predicted octanol–water partition coefficient (Wildman–Crippen LogP) is 3.01. The Kier molecular flexibility index (Phi) is 2.76. The lowest BCUT2D eigenvalue weighted by Crippen LogP contribution is -2.33. The van der Waals surface area contributed by atoms with Crippen LogP contribution < -0.4 is 5.32 Å². The van der Waals surface area contributed by atoms with E-state index in [1.165, 1.54) is 4.70 Å². The number of aromatic nitrogens is 1. The van der Waals surface area contributed by atoms with Crippen molar-refractivity contribution in [3.05, 3.63) is 23.7 Å². The highest BCUT2D eigenvalue weighted by Crippen LogP contribution is 2.30. The number of fused-ring (bicyclic) bond motifs is 1. The molecule has 1 fully saturated rings. The van der Waals surface area contributed by atoms with Gasteiger partial charge in [0.25, 0.3) is 0 Å². The third-order valence-corrected chi connectivity index (χ3v) is 4.28. The van der Waals surface area contributed by atoms with Gasteiger partial charge in [0.1, 0.15) is 0 Å². The van der Waals surface area contributed by atoms with E-state index in [4.69, 9.17) is 0 Å². The van der Waals surface area contributed by atoms with Gasteiger partial charge in [-0.1, -0.05) is 12.8 Å². The number of rotatable bonds is 3. The lowest BCUT2D eigenvalue weighted by Gasteiger charge is -2.23. The lowest BCUT2D eigenvalue weighted by atomic mass is 10.0. The van der Waals surface area contributed by atoms with Gasteiger partial charge >= 0.3 is 0 Å². The zero-order valence-electron chi connectivity index (χ0n) is 9.65. The predicted molar refractivity (Wildman–Crippen MR) is 71.5 cm³/mol. The van der Waals surface area contributed by atoms with E-state index in [-0.39, 0.29) is 0 Å². The highest BCUT2D eigenvalue weighted by atomic mass is 32.1. The topological polar surface area (TPSA) is 45.1 Å². The molecule has 0 radical (unpaired) electrons. The standard InChI is InChI=1S/C13H16N2OS/c16-13(5-1-2-6-13)8-14-10-3-4-11-12(7-10)17-9-15-11/h3-4,7,9,14,16H,1-2,5-6,8H2. The third-order valence-electron chi connectivity index (χ3n) is 3.49. The van der Waals surface area contributed by atoms with Gasteiger partial charge in [-0.25, -0.2) is 4.98 Å². The second-order valence-corrected chi connectivity index (χ2v) is 5.71. The van der Waals surface area contributed by atoms with E-state index < -0.39 is 5.60 Å². The number of hydrogen-bond donors (Lipinski definition) is 2. The largest absolute Gasteiger partial charge is 0.388 e. The molecule has 17 heavy (non-hydrogen) atoms. The fraction of sp³-hybridized carbons (Fsp3) is 0.462. The van der Waals surface area contributed by atoms with Crippen LogP contribution in [0.4, 0.5) is 5.69 Å². The minimum absolute atomic E-state index is 0.497. The van der Waals surface area contributed by atoms with E-state index in [1.807, 2.05) is 17.6 Å². The van der Waals surface area contributed by atoms with Crippen molar-refractivity contribution in [2.75, 3.05) is 11.9 Å². The smallest absolute Gasteiger partial charge is 0.0819 e. The van der Waals surface area contributed by atoms with Gasteiger partial charge in [0.05, 0.1) is 21.3 Å². The van der Waals surface area contributed by atoms with Crippen LogP contribution in [0.3, 0.4) is 0 Å². The number of aliphatic hydroxyl groups is 1. The lowest BCUT2D eigenvalue weighted by molar-refractivity contribution is 0.0615. The molecule has 1 aromatic heterocycles. The Hall–Kier alpha value is -1.13. The zero-order valence-corrected chi connectivity index (χ0v) is 10.5. The van der Waals surface area contributed by atoms with Gasteiger partial charge in [0, 0.05) is 12.2 Å². The molecule has 0 amide bonds. The highest BCUT2D eigenvalue weighted by molar-refractivity contribution is 7.16. The van der Waals surface area contributed by atoms with Crippen molar-refractivity contribution in [1.29, 1.82) is 0 Å². The molecule has 2 aromatic rings. The molecular weight excluding hydrogens is 232 g/mol. The molecule has 0 bridgehead atoms. The van der Waals surface area contributed by atoms with Crippen molar-refractivity contribution >= 4 is 27.2 Å². The minimum atomic E-state index is -0.497. The van der Waals surface area contributed by atoms with Crippen molar-refractivity contribution < 1.29 is 5.11 Å². The minimum Gasteiger partial charge on any atom is -0.388 e. The van der Waals surface area contributed by atoms with E-state index >= 15 is 0 Å². The molecule has 1 aliphatic rings. The van der Waals surface area contributed by atoms with Crippen molar-refractivity contribution in [3.8, 4) is 0 Å². The Morgan fingerprint density at radius 2 is 2.18 bits per heavy atom. The molecule has 0 unspecified atom stereocenters. The molecule has 1 aromatic carbocycles. The Labute approximate surface area is 105 Å². The van der Waals surface area contributed by atoms with E-state index in [9.17, 15) is 5.11 Å². The summed E-state index contributed by atoms with van der Waals surface area (Å²) in [6, 6.07) is 6.15. The molecule has 0 aliphatic heterocycles. The number of thiazole rings is 1. The Bertz CT molecular complexity index is 517. The maximum Gasteiger partial charge on any atom is 0.0819 e. The number of benzene rings is 1. The van der Waals surface area contributed by atoms with Gasteiger partial charge in [0.15, 0.2) is 0 Å². The molecule has 1 aliphatic carbocycles. The van der Waals surface area contributed by atoms with E-state index in [2.05, 4.69) is 16.4 Å². The summed E-state index contributed by atoms with van der Waals surface area (Å²) in [4.78, 5) is 4.25. The average molecular weight is 248 g/mol. The van der Waals surface area contributed by atoms with Crippen molar-refractivity contribution in [3.63, 3.8) is 0 Å². The monoisotopic (exact) mass is 248 g/mol. The Morgan fingerprint density at radius 1 is 1.35 bits per heavy atom. The summed E-state index contributed by atoms with van der Waals surface area (Å²) in [6.45, 7) is 0.650. The molecule has 1 heterocycles. The first-order valence-corrected chi connectivity index (χ1v) is 6.93. The molecule has 4 heteroatoms. The van der Waals surface area contributed by atoms with Gasteiger partial charge in [-0.2, -0.15) is 0 Å². The summed E-state index contributed by atoms with van der Waals surface area (Å²) >= 11 is 1.65. The molecular formula is C13H16N2OS. The number of hydrogen-bond acceptors (Lipinski definition) is 4. The highest BCUT2D eigenvalue weighted by Gasteiger charge is 2.30. The van der Waals surface area contributed by atoms with Gasteiger partial charge in [0.2, 0.25) is 0 Å². The fourth-order valence-electron chi connectivity index (χ4n) is 2.44. The van der Waals surface area contributed by atoms with Gasteiger partial charge < -0.3 is 10.4 Å². The normalized spacial score (nSPS) is 18.6. The maximum atomic E-state index is 10.3. The molecule has 2 N–H and O–H groups in total. The van der Waals surface area contributed by atoms with Gasteiger partial charge in [-0.15, -0.1) is 11.3 Å². The van der Waals surface area contributed by atoms with Gasteiger partial charge in [-0.05, 0) is 31.0 Å². The first-order valence-electron chi connectivity index (χ1n) is 6.05. The summed E-state index contributed by atoms with van der Waals surface area (Å²) in [5, 5.41) is 13.6. The summed E-state index contributed by atoms with van der Waals surface area (Å²) < 4.78 is 1.19. The third kappa shape index (κ3) is 2.28. The molecule has 3 nitrogen and oxygen atoms in total. The second-order valence-electron chi connectivity index (χ2n) is 4.82. The molecule has 3 rings (SSSR count). The van der Waals surface area contributed by atoms with E-state index in [1.54, 1.807) is 11.3 Å². The van der Waals surface area contributed by atoms with Crippen molar-refractivity contribution in [2.24, 2.45) is 0 Å². The quantitative estimate of drug-likeness (QED) is 0.877. The van der Waals surface area contributed by atoms with Crippen LogP contribution in [0.5, 0.6) is 0 Å². The van der Waals surface area contributed by atoms with Crippen molar-refractivity contribution in [2.45, 2.75) is 31.3 Å². The van der Waals surface area contributed by atoms with Crippen LogP contribution in [-0.2, 0) is 0 Å². The maximum absolute atomic E-state index is 10.3. The fourth-order valence-corrected chi connectivity index (χ4v) is 3.16. The van der Waals surface area contributed by atoms with E-state index in [0.717, 1.165) is 36.9 Å². The average Bonchev–Trinajstić information content (AvgIpc) is 2.95. The molecule has 0 spiro atoms. The van der Waals surface area contributed by atoms with E-state index in [0.29, 0.717) is 6.54 Å². The first kappa shape index (κ1) is 11.0. The summed E-state index contributed by atoms with van der Waals surface area (Å²) in [7, 11) is 0. The summed E-state index contributed by atoms with van der Waals surface area (Å²) in [6.07, 6.45) is 4.13. The molecule has 1 saturated carbocycles. The second kappa shape index (κ2) is 4.27. The zero-order chi connectivity index (χ0) is 11.7. The Morgan fingerprint density at radius 3 is 3.00 bits per heavy atom. The number of nitrogens with one attached hydrogen (secondary N) is 1. The molecule has 0 saturated heterocycles. The molecule has 0 atom stereocenters. The van der Waals surface area contributed by atoms with Crippen LogP contribution in [0.15, 0.2) is 23.7 Å². The summed E-state index contributed by atoms with van der Waals surface area (Å²) in [5.74, 6) is 0. The SMILES string of the molecule is OC1(CNc2ccc3ncsc3c2)CCCC1. The Balaban J connectivity index is 1.71. The summed E-state index contributed by atoms with van der Waals surface area (Å²) in [5.41, 5.74) is 3.48. The van der Waals surface area contributed by atoms with Crippen LogP contribution >= 0.6 is 11.3 Å². The number of nitrogens with zero attached hydrogens (tertiary/aromatic N) is 1. The molecule has 90 valence electrons. The first-order chi connectivity index (χ1) is 8.25. The van der Waals surface area contributed by atoms with Gasteiger partial charge in [-0.3, -0.25) is 0 Å². The van der Waals surface area contributed by atoms with Crippen LogP contribution in [0.1, 0.15) is 25.7 Å². The van der Waals surface area contributed by atoms with Crippen LogP contribution in [0.2, 0.25) is 0 Å². The van der Waals surface area contributed by atoms with Crippen molar-refractivity contribution in [1.82, 2.24) is 4.98 Å². The van der Waals surface area contributed by atoms with Crippen LogP contribution in [-0.4, -0.2) is 22.2 Å². The number of anilines is 1. The van der Waals surface area contributed by atoms with Crippen LogP contribution in [0.25, 0.3) is 10.2 Å².